The van der Waals surface area contributed by atoms with Gasteiger partial charge in [0.15, 0.2) is 0 Å². The van der Waals surface area contributed by atoms with Gasteiger partial charge < -0.3 is 70.6 Å². The van der Waals surface area contributed by atoms with Crippen LogP contribution in [0.15, 0.2) is 144 Å². The van der Waals surface area contributed by atoms with Gasteiger partial charge in [-0.1, -0.05) is 90.5 Å². The number of rotatable bonds is 48. The Morgan fingerprint density at radius 3 is 1.20 bits per heavy atom. The van der Waals surface area contributed by atoms with Crippen LogP contribution in [0.25, 0.3) is 11.1 Å². The summed E-state index contributed by atoms with van der Waals surface area (Å²) in [6.07, 6.45) is 24.4. The van der Waals surface area contributed by atoms with Crippen LogP contribution in [0, 0.1) is 0 Å². The van der Waals surface area contributed by atoms with E-state index in [1.54, 1.807) is 36.7 Å². The number of unbranched alkanes of at least 4 members (excludes halogenated alkanes) is 3. The number of carboxylic acids is 3. The maximum Gasteiger partial charge on any atom is 0.488 e. The highest BCUT2D eigenvalue weighted by molar-refractivity contribution is 9.11. The monoisotopic (exact) mass is 1860 g/mol. The fraction of sp³-hybridized carbons (Fsp3) is 0.517. The van der Waals surface area contributed by atoms with Crippen LogP contribution in [0.5, 0.6) is 0 Å². The van der Waals surface area contributed by atoms with Gasteiger partial charge in [0.05, 0.1) is 28.8 Å². The van der Waals surface area contributed by atoms with Gasteiger partial charge in [0.25, 0.3) is 19.3 Å². The van der Waals surface area contributed by atoms with Crippen molar-refractivity contribution in [1.82, 2.24) is 59.6 Å². The summed E-state index contributed by atoms with van der Waals surface area (Å²) >= 11 is 12.0. The quantitative estimate of drug-likeness (QED) is 0.00760. The van der Waals surface area contributed by atoms with Crippen molar-refractivity contribution >= 4 is 85.6 Å². The summed E-state index contributed by atoms with van der Waals surface area (Å²) in [6, 6.07) is 28.5. The number of fused-ring (bicyclic) bond motifs is 3. The number of ether oxygens (including phenoxy) is 3. The molecule has 0 spiro atoms. The van der Waals surface area contributed by atoms with E-state index in [9.17, 15) is 50.9 Å². The van der Waals surface area contributed by atoms with E-state index in [-0.39, 0.29) is 19.8 Å². The zero-order chi connectivity index (χ0) is 88.4. The molecule has 670 valence electrons. The normalized spacial score (nSPS) is 13.5. The molecule has 0 saturated heterocycles. The number of halogens is 9. The lowest BCUT2D eigenvalue weighted by molar-refractivity contribution is -0.139. The molecular weight excluding hydrogens is 1750 g/mol. The molecule has 9 N–H and O–H groups in total. The van der Waals surface area contributed by atoms with E-state index in [0.717, 1.165) is 130 Å². The summed E-state index contributed by atoms with van der Waals surface area (Å²) in [5.41, 5.74) is 18.9. The third-order valence-corrected chi connectivity index (χ3v) is 22.2. The standard InChI is InChI=1S/C31H39F2N5O3.C25H34BrF2N5O3.C21H33F2N3O3.C6H7BO2.C4H2BrClN2/c32-29(33)21-41-19-18-38(16-7-6-11-25-14-13-24-10-4-5-12-27(24)36-25)17-15-28(31(39)40)37-30-26(20-34-22-35-30)23-8-2-1-3-9-23;26-20-15-29-17-30-24(20)32-22(25(34)35)10-12-33(13-14-36-16-23(27)28)11-4-3-6-19-9-8-18-5-1-2-7-21(18)31-19;22-20(23)15-29-14-13-26(12-10-18(24)21(27)28)11-4-3-6-17-9-8-16-5-1-2-7-19(16)25-17;8-7(9)6-4-2-1-3-5-6;5-3-1-7-2-8-4(3)6/h1-3,8-9,13-14,20,22,28-29H,4-7,10-12,15-19,21H2,(H,39,40)(H,34,35,37);8-9,15,17,22-23H,1-7,10-14,16H2,(H,34,35)(H,29,30,32);8-9,18,20H,1-7,10-15,24H2,(H,27,28);1-5,8-9H;1-2H/t28-;22-;18-;;/m000../s1. The molecule has 6 heterocycles. The van der Waals surface area contributed by atoms with Crippen molar-refractivity contribution in [2.45, 2.75) is 192 Å². The number of carbonyl (C=O) groups is 3. The number of nitrogens with one attached hydrogen (secondary N) is 2. The van der Waals surface area contributed by atoms with Crippen LogP contribution >= 0.6 is 43.5 Å². The van der Waals surface area contributed by atoms with Crippen molar-refractivity contribution in [3.8, 4) is 11.1 Å². The van der Waals surface area contributed by atoms with Crippen LogP contribution in [0.3, 0.4) is 0 Å². The molecule has 0 aliphatic heterocycles. The summed E-state index contributed by atoms with van der Waals surface area (Å²) in [6.45, 7) is 3.72. The molecule has 8 aromatic rings. The molecular formula is C87H115BBr2ClF6N15O11. The molecule has 36 heteroatoms. The number of anilines is 2. The second-order valence-electron chi connectivity index (χ2n) is 29.8. The van der Waals surface area contributed by atoms with Gasteiger partial charge in [0.2, 0.25) is 0 Å². The van der Waals surface area contributed by atoms with Gasteiger partial charge in [-0.2, -0.15) is 0 Å². The third kappa shape index (κ3) is 41.1. The lowest BCUT2D eigenvalue weighted by Crippen LogP contribution is -2.37. The van der Waals surface area contributed by atoms with Crippen LogP contribution in [-0.2, 0) is 86.4 Å². The first-order valence-electron chi connectivity index (χ1n) is 42.0. The Kier molecular flexibility index (Phi) is 48.6. The molecule has 0 fully saturated rings. The number of pyridine rings is 3. The number of alkyl halides is 6. The van der Waals surface area contributed by atoms with Crippen molar-refractivity contribution in [3.05, 3.63) is 200 Å². The highest BCUT2D eigenvalue weighted by Crippen LogP contribution is 2.28. The summed E-state index contributed by atoms with van der Waals surface area (Å²) in [5, 5.41) is 52.2. The van der Waals surface area contributed by atoms with E-state index in [2.05, 4.69) is 119 Å². The average Bonchev–Trinajstić information content (AvgIpc) is 1.81. The number of carboxylic acid groups (broad SMARTS) is 3. The zero-order valence-electron chi connectivity index (χ0n) is 69.4. The minimum absolute atomic E-state index is 0.159. The van der Waals surface area contributed by atoms with Crippen LogP contribution in [0.1, 0.15) is 147 Å². The average molecular weight is 1870 g/mol. The maximum absolute atomic E-state index is 12.6. The lowest BCUT2D eigenvalue weighted by atomic mass is 9.81. The number of benzene rings is 2. The first-order valence-corrected chi connectivity index (χ1v) is 43.9. The summed E-state index contributed by atoms with van der Waals surface area (Å²) in [4.78, 5) is 79.4. The number of aliphatic carboxylic acids is 3. The van der Waals surface area contributed by atoms with Crippen LogP contribution in [0.2, 0.25) is 5.15 Å². The first-order chi connectivity index (χ1) is 59.5. The molecule has 11 rings (SSSR count). The Morgan fingerprint density at radius 2 is 0.829 bits per heavy atom. The Bertz CT molecular complexity index is 4320. The van der Waals surface area contributed by atoms with E-state index in [4.69, 9.17) is 61.7 Å². The van der Waals surface area contributed by atoms with E-state index in [1.165, 1.54) is 97.5 Å². The molecule has 0 bridgehead atoms. The molecule has 0 radical (unpaired) electrons. The first kappa shape index (κ1) is 102. The molecule has 3 aliphatic rings. The van der Waals surface area contributed by atoms with Gasteiger partial charge in [-0.15, -0.1) is 0 Å². The Hall–Kier alpha value is -8.33. The number of hydrogen-bond acceptors (Lipinski definition) is 23. The molecule has 3 aliphatic carbocycles. The van der Waals surface area contributed by atoms with Crippen LogP contribution in [-0.4, -0.2) is 246 Å². The van der Waals surface area contributed by atoms with E-state index in [0.29, 0.717) is 104 Å². The summed E-state index contributed by atoms with van der Waals surface area (Å²) < 4.78 is 90.8. The summed E-state index contributed by atoms with van der Waals surface area (Å²) in [7, 11) is -1.34. The summed E-state index contributed by atoms with van der Waals surface area (Å²) in [5.74, 6) is -2.16. The highest BCUT2D eigenvalue weighted by Gasteiger charge is 2.25. The van der Waals surface area contributed by atoms with E-state index < -0.39 is 82.2 Å². The number of aromatic nitrogens is 9. The second kappa shape index (κ2) is 58.8. The van der Waals surface area contributed by atoms with E-state index >= 15 is 0 Å². The van der Waals surface area contributed by atoms with Gasteiger partial charge in [-0.05, 0) is 252 Å². The van der Waals surface area contributed by atoms with Gasteiger partial charge >= 0.3 is 25.0 Å². The molecule has 0 unspecified atom stereocenters. The molecule has 2 aromatic carbocycles. The number of nitrogens with two attached hydrogens (primary N) is 1. The van der Waals surface area contributed by atoms with Crippen molar-refractivity contribution in [2.24, 2.45) is 5.73 Å². The number of aryl methyl sites for hydroxylation is 9. The predicted octanol–water partition coefficient (Wildman–Crippen LogP) is 13.6. The lowest BCUT2D eigenvalue weighted by Gasteiger charge is -2.25. The predicted molar refractivity (Wildman–Crippen MR) is 469 cm³/mol. The van der Waals surface area contributed by atoms with Crippen molar-refractivity contribution in [1.29, 1.82) is 0 Å². The minimum atomic E-state index is -2.51. The van der Waals surface area contributed by atoms with Crippen LogP contribution in [0.4, 0.5) is 38.0 Å². The number of nitrogens with zero attached hydrogens (tertiary/aromatic N) is 12. The SMILES string of the molecule is Clc1ncncc1Br.N[C@@H](CCN(CCCCc1ccc2c(n1)CCCC2)CCOCC(F)F)C(=O)O.O=C(O)[C@H](CCN(CCCCc1ccc2c(n1)CCCC2)CCOCC(F)F)Nc1ncncc1-c1ccccc1.O=C(O)[C@H](CCN(CCCCc1ccc2c(n1)CCCC2)CCOCC(F)F)Nc1ncncc1Br.OB(O)c1ccccc1. The topological polar surface area (TPSA) is 356 Å². The second-order valence-corrected chi connectivity index (χ2v) is 31.9. The zero-order valence-corrected chi connectivity index (χ0v) is 73.3. The fourth-order valence-electron chi connectivity index (χ4n) is 13.9. The Morgan fingerprint density at radius 1 is 0.455 bits per heavy atom. The molecule has 0 saturated carbocycles. The fourth-order valence-corrected chi connectivity index (χ4v) is 14.5. The van der Waals surface area contributed by atoms with Crippen LogP contribution < -0.4 is 21.8 Å². The molecule has 123 heavy (non-hydrogen) atoms. The minimum Gasteiger partial charge on any atom is -0.480 e. The smallest absolute Gasteiger partial charge is 0.480 e. The molecule has 26 nitrogen and oxygen atoms in total. The van der Waals surface area contributed by atoms with Crippen molar-refractivity contribution < 1.29 is 80.3 Å². The molecule has 0 amide bonds. The third-order valence-electron chi connectivity index (χ3n) is 20.5. The Balaban J connectivity index is 0.000000232. The van der Waals surface area contributed by atoms with Gasteiger partial charge in [0.1, 0.15) is 73.7 Å². The maximum atomic E-state index is 12.6. The largest absolute Gasteiger partial charge is 0.488 e. The van der Waals surface area contributed by atoms with Gasteiger partial charge in [-0.3, -0.25) is 19.7 Å². The molecule has 6 aromatic heterocycles. The highest BCUT2D eigenvalue weighted by atomic mass is 79.9. The van der Waals surface area contributed by atoms with E-state index in [1.807, 2.05) is 41.3 Å². The Labute approximate surface area is 738 Å². The molecule has 3 atom stereocenters. The van der Waals surface area contributed by atoms with Crippen molar-refractivity contribution in [2.75, 3.05) is 109 Å². The van der Waals surface area contributed by atoms with Crippen molar-refractivity contribution in [3.63, 3.8) is 0 Å². The van der Waals surface area contributed by atoms with Gasteiger partial charge in [0, 0.05) is 97.6 Å². The number of hydrogen-bond donors (Lipinski definition) is 8. The van der Waals surface area contributed by atoms with Gasteiger partial charge in [-0.25, -0.2) is 65.8 Å².